The van der Waals surface area contributed by atoms with Gasteiger partial charge < -0.3 is 14.2 Å². The van der Waals surface area contributed by atoms with Crippen molar-refractivity contribution < 1.29 is 9.53 Å². The summed E-state index contributed by atoms with van der Waals surface area (Å²) < 4.78 is 7.99. The summed E-state index contributed by atoms with van der Waals surface area (Å²) in [4.78, 5) is 16.2. The van der Waals surface area contributed by atoms with Gasteiger partial charge in [0.05, 0.1) is 12.6 Å². The Labute approximate surface area is 177 Å². The molecule has 1 fully saturated rings. The molecule has 5 nitrogen and oxygen atoms in total. The van der Waals surface area contributed by atoms with Crippen LogP contribution in [0.1, 0.15) is 48.0 Å². The maximum absolute atomic E-state index is 13.3. The monoisotopic (exact) mass is 411 g/mol. The highest BCUT2D eigenvalue weighted by Gasteiger charge is 2.25. The van der Waals surface area contributed by atoms with Crippen molar-refractivity contribution in [3.05, 3.63) is 51.0 Å². The number of hydrogen-bond donors (Lipinski definition) is 0. The van der Waals surface area contributed by atoms with Crippen molar-refractivity contribution in [3.8, 4) is 6.07 Å². The summed E-state index contributed by atoms with van der Waals surface area (Å²) in [6.07, 6.45) is 4.81. The number of rotatable bonds is 8. The quantitative estimate of drug-likeness (QED) is 0.468. The van der Waals surface area contributed by atoms with E-state index in [4.69, 9.17) is 4.74 Å². The van der Waals surface area contributed by atoms with Gasteiger partial charge in [0.1, 0.15) is 11.6 Å². The first-order chi connectivity index (χ1) is 14.0. The van der Waals surface area contributed by atoms with E-state index in [2.05, 4.69) is 30.6 Å². The molecule has 6 heteroatoms. The molecule has 0 N–H and O–H groups in total. The highest BCUT2D eigenvalue weighted by atomic mass is 32.1. The van der Waals surface area contributed by atoms with Gasteiger partial charge in [-0.1, -0.05) is 13.0 Å². The van der Waals surface area contributed by atoms with Crippen molar-refractivity contribution >= 4 is 23.3 Å². The van der Waals surface area contributed by atoms with E-state index >= 15 is 0 Å². The third-order valence-corrected chi connectivity index (χ3v) is 6.23. The van der Waals surface area contributed by atoms with Crippen LogP contribution in [0.25, 0.3) is 6.08 Å². The predicted molar refractivity (Wildman–Crippen MR) is 116 cm³/mol. The molecule has 3 rings (SSSR count). The van der Waals surface area contributed by atoms with Crippen LogP contribution < -0.4 is 0 Å². The molecule has 1 saturated heterocycles. The number of hydrogen-bond acceptors (Lipinski definition) is 4. The molecule has 0 spiro atoms. The Kier molecular flexibility index (Phi) is 7.29. The second-order valence-corrected chi connectivity index (χ2v) is 8.58. The first-order valence-electron chi connectivity index (χ1n) is 10.2. The van der Waals surface area contributed by atoms with Crippen LogP contribution in [-0.4, -0.2) is 34.6 Å². The molecular weight excluding hydrogens is 382 g/mol. The maximum atomic E-state index is 13.3. The van der Waals surface area contributed by atoms with E-state index in [0.29, 0.717) is 13.1 Å². The molecule has 0 aromatic carbocycles. The molecule has 154 valence electrons. The standard InChI is InChI=1S/C23H29N3O2S/c1-4-9-26-17(2)12-19(18(26)3)13-20(14-24)23(27)25(15-21-7-5-10-28-21)16-22-8-6-11-29-22/h6,8,11-13,21H,4-5,7,9-10,15-16H2,1-3H3/b20-13-. The lowest BCUT2D eigenvalue weighted by Gasteiger charge is -2.24. The molecular formula is C23H29N3O2S. The van der Waals surface area contributed by atoms with Crippen molar-refractivity contribution in [1.29, 1.82) is 5.26 Å². The Morgan fingerprint density at radius 3 is 2.93 bits per heavy atom. The number of carbonyl (C=O) groups excluding carboxylic acids is 1. The van der Waals surface area contributed by atoms with Gasteiger partial charge in [0.25, 0.3) is 5.91 Å². The predicted octanol–water partition coefficient (Wildman–Crippen LogP) is 4.69. The van der Waals surface area contributed by atoms with Crippen molar-refractivity contribution in [2.75, 3.05) is 13.2 Å². The van der Waals surface area contributed by atoms with Crippen molar-refractivity contribution in [2.24, 2.45) is 0 Å². The number of ether oxygens (including phenoxy) is 1. The number of carbonyl (C=O) groups is 1. The number of amides is 1. The van der Waals surface area contributed by atoms with Gasteiger partial charge in [-0.05, 0) is 62.3 Å². The first kappa shape index (κ1) is 21.4. The normalized spacial score (nSPS) is 16.8. The van der Waals surface area contributed by atoms with Crippen LogP contribution in [0.4, 0.5) is 0 Å². The first-order valence-corrected chi connectivity index (χ1v) is 11.1. The zero-order valence-corrected chi connectivity index (χ0v) is 18.3. The van der Waals surface area contributed by atoms with Gasteiger partial charge in [-0.25, -0.2) is 0 Å². The van der Waals surface area contributed by atoms with Crippen molar-refractivity contribution in [1.82, 2.24) is 9.47 Å². The molecule has 2 aromatic heterocycles. The number of thiophene rings is 1. The third-order valence-electron chi connectivity index (χ3n) is 5.37. The van der Waals surface area contributed by atoms with Gasteiger partial charge in [-0.15, -0.1) is 11.3 Å². The third kappa shape index (κ3) is 5.17. The molecule has 1 aliphatic rings. The highest BCUT2D eigenvalue weighted by Crippen LogP contribution is 2.22. The smallest absolute Gasteiger partial charge is 0.264 e. The van der Waals surface area contributed by atoms with Crippen molar-refractivity contribution in [3.63, 3.8) is 0 Å². The molecule has 1 atom stereocenters. The Hall–Kier alpha value is -2.36. The SMILES string of the molecule is CCCn1c(C)cc(/C=C(/C#N)C(=O)N(Cc2cccs2)CC2CCCO2)c1C. The fourth-order valence-electron chi connectivity index (χ4n) is 3.85. The second-order valence-electron chi connectivity index (χ2n) is 7.55. The molecule has 1 amide bonds. The van der Waals surface area contributed by atoms with Crippen LogP contribution in [0.3, 0.4) is 0 Å². The van der Waals surface area contributed by atoms with E-state index in [1.54, 1.807) is 22.3 Å². The van der Waals surface area contributed by atoms with E-state index in [9.17, 15) is 10.1 Å². The number of nitriles is 1. The lowest BCUT2D eigenvalue weighted by molar-refractivity contribution is -0.128. The van der Waals surface area contributed by atoms with Gasteiger partial charge in [0.2, 0.25) is 0 Å². The molecule has 3 heterocycles. The van der Waals surface area contributed by atoms with E-state index in [-0.39, 0.29) is 17.6 Å². The van der Waals surface area contributed by atoms with Crippen LogP contribution >= 0.6 is 11.3 Å². The van der Waals surface area contributed by atoms with Gasteiger partial charge in [0, 0.05) is 36.0 Å². The minimum atomic E-state index is -0.225. The fourth-order valence-corrected chi connectivity index (χ4v) is 4.57. The largest absolute Gasteiger partial charge is 0.376 e. The zero-order chi connectivity index (χ0) is 20.8. The topological polar surface area (TPSA) is 58.3 Å². The van der Waals surface area contributed by atoms with E-state index in [0.717, 1.165) is 54.2 Å². The Bertz CT molecular complexity index is 899. The molecule has 0 bridgehead atoms. The second kappa shape index (κ2) is 9.91. The Morgan fingerprint density at radius 1 is 1.48 bits per heavy atom. The van der Waals surface area contributed by atoms with Crippen molar-refractivity contribution in [2.45, 2.75) is 59.2 Å². The van der Waals surface area contributed by atoms with Crippen LogP contribution in [0.2, 0.25) is 0 Å². The minimum absolute atomic E-state index is 0.0495. The van der Waals surface area contributed by atoms with Crippen LogP contribution in [0.5, 0.6) is 0 Å². The molecule has 2 aromatic rings. The lowest BCUT2D eigenvalue weighted by atomic mass is 10.1. The fraction of sp³-hybridized carbons (Fsp3) is 0.478. The van der Waals surface area contributed by atoms with E-state index in [1.165, 1.54) is 0 Å². The summed E-state index contributed by atoms with van der Waals surface area (Å²) in [7, 11) is 0. The molecule has 0 radical (unpaired) electrons. The van der Waals surface area contributed by atoms with Gasteiger partial charge in [-0.2, -0.15) is 5.26 Å². The molecule has 0 saturated carbocycles. The average Bonchev–Trinajstić information content (AvgIpc) is 3.45. The van der Waals surface area contributed by atoms with Crippen LogP contribution in [-0.2, 0) is 22.6 Å². The van der Waals surface area contributed by atoms with E-state index < -0.39 is 0 Å². The Balaban J connectivity index is 1.86. The molecule has 1 aliphatic heterocycles. The number of aromatic nitrogens is 1. The van der Waals surface area contributed by atoms with E-state index in [1.807, 2.05) is 24.4 Å². The lowest BCUT2D eigenvalue weighted by Crippen LogP contribution is -2.37. The number of nitrogens with zero attached hydrogens (tertiary/aromatic N) is 3. The summed E-state index contributed by atoms with van der Waals surface area (Å²) in [6, 6.07) is 8.21. The summed E-state index contributed by atoms with van der Waals surface area (Å²) in [6.45, 7) is 8.96. The summed E-state index contributed by atoms with van der Waals surface area (Å²) >= 11 is 1.62. The maximum Gasteiger partial charge on any atom is 0.264 e. The summed E-state index contributed by atoms with van der Waals surface area (Å²) in [5.74, 6) is -0.225. The average molecular weight is 412 g/mol. The molecule has 0 aliphatic carbocycles. The molecule has 1 unspecified atom stereocenters. The van der Waals surface area contributed by atoms with Crippen LogP contribution in [0.15, 0.2) is 29.2 Å². The Morgan fingerprint density at radius 2 is 2.31 bits per heavy atom. The summed E-state index contributed by atoms with van der Waals surface area (Å²) in [5, 5.41) is 11.8. The summed E-state index contributed by atoms with van der Waals surface area (Å²) in [5.41, 5.74) is 3.36. The van der Waals surface area contributed by atoms with Gasteiger partial charge in [-0.3, -0.25) is 4.79 Å². The minimum Gasteiger partial charge on any atom is -0.376 e. The zero-order valence-electron chi connectivity index (χ0n) is 17.5. The molecule has 29 heavy (non-hydrogen) atoms. The number of aryl methyl sites for hydroxylation is 1. The van der Waals surface area contributed by atoms with Gasteiger partial charge >= 0.3 is 0 Å². The van der Waals surface area contributed by atoms with Crippen LogP contribution in [0, 0.1) is 25.2 Å². The highest BCUT2D eigenvalue weighted by molar-refractivity contribution is 7.09. The van der Waals surface area contributed by atoms with Gasteiger partial charge in [0.15, 0.2) is 0 Å².